The molecule has 1 atom stereocenters. The normalized spacial score (nSPS) is 21.4. The van der Waals surface area contributed by atoms with E-state index in [1.54, 1.807) is 11.3 Å². The molecular weight excluding hydrogens is 206 g/mol. The van der Waals surface area contributed by atoms with Gasteiger partial charge in [-0.15, -0.1) is 11.3 Å². The highest BCUT2D eigenvalue weighted by Gasteiger charge is 2.21. The molecule has 0 aliphatic carbocycles. The molecule has 1 aliphatic heterocycles. The van der Waals surface area contributed by atoms with E-state index >= 15 is 0 Å². The van der Waals surface area contributed by atoms with Crippen LogP contribution in [0.3, 0.4) is 0 Å². The summed E-state index contributed by atoms with van der Waals surface area (Å²) >= 11 is 1.69. The Labute approximate surface area is 92.5 Å². The van der Waals surface area contributed by atoms with Crippen molar-refractivity contribution in [3.8, 4) is 0 Å². The Bertz CT molecular complexity index is 479. The summed E-state index contributed by atoms with van der Waals surface area (Å²) in [5, 5.41) is 0. The van der Waals surface area contributed by atoms with Crippen LogP contribution in [0.2, 0.25) is 0 Å². The second-order valence-corrected chi connectivity index (χ2v) is 4.86. The Morgan fingerprint density at radius 3 is 3.20 bits per heavy atom. The molecule has 1 aromatic carbocycles. The van der Waals surface area contributed by atoms with Gasteiger partial charge in [-0.3, -0.25) is 0 Å². The van der Waals surface area contributed by atoms with Crippen LogP contribution in [-0.4, -0.2) is 24.1 Å². The Balaban J connectivity index is 2.06. The molecule has 2 aromatic rings. The van der Waals surface area contributed by atoms with Gasteiger partial charge in [0.2, 0.25) is 0 Å². The van der Waals surface area contributed by atoms with E-state index in [1.165, 1.54) is 10.4 Å². The van der Waals surface area contributed by atoms with E-state index in [0.717, 1.165) is 25.0 Å². The summed E-state index contributed by atoms with van der Waals surface area (Å²) in [5.74, 6) is 0. The molecule has 0 amide bonds. The van der Waals surface area contributed by atoms with Crippen molar-refractivity contribution in [3.63, 3.8) is 0 Å². The van der Waals surface area contributed by atoms with Crippen LogP contribution < -0.4 is 10.6 Å². The predicted molar refractivity (Wildman–Crippen MR) is 64.4 cm³/mol. The molecule has 2 heterocycles. The molecule has 0 spiro atoms. The van der Waals surface area contributed by atoms with Crippen LogP contribution in [-0.2, 0) is 0 Å². The second kappa shape index (κ2) is 3.47. The van der Waals surface area contributed by atoms with Crippen molar-refractivity contribution in [2.45, 2.75) is 12.5 Å². The summed E-state index contributed by atoms with van der Waals surface area (Å²) in [6.07, 6.45) is 1.08. The number of hydrogen-bond donors (Lipinski definition) is 1. The van der Waals surface area contributed by atoms with Crippen molar-refractivity contribution in [2.75, 3.05) is 18.0 Å². The SMILES string of the molecule is NC1CCN(c2cccc3scnc23)C1. The molecule has 1 fully saturated rings. The fourth-order valence-electron chi connectivity index (χ4n) is 2.13. The number of anilines is 1. The highest BCUT2D eigenvalue weighted by atomic mass is 32.1. The molecule has 78 valence electrons. The van der Waals surface area contributed by atoms with Gasteiger partial charge in [0.1, 0.15) is 5.52 Å². The fraction of sp³-hybridized carbons (Fsp3) is 0.364. The van der Waals surface area contributed by atoms with Gasteiger partial charge in [0.05, 0.1) is 15.9 Å². The summed E-state index contributed by atoms with van der Waals surface area (Å²) in [7, 11) is 0. The first-order valence-electron chi connectivity index (χ1n) is 5.17. The van der Waals surface area contributed by atoms with Gasteiger partial charge >= 0.3 is 0 Å². The average molecular weight is 219 g/mol. The predicted octanol–water partition coefficient (Wildman–Crippen LogP) is 1.83. The number of nitrogens with two attached hydrogens (primary N) is 1. The lowest BCUT2D eigenvalue weighted by Crippen LogP contribution is -2.26. The molecule has 2 N–H and O–H groups in total. The van der Waals surface area contributed by atoms with Crippen LogP contribution in [0.4, 0.5) is 5.69 Å². The minimum absolute atomic E-state index is 0.318. The van der Waals surface area contributed by atoms with Gasteiger partial charge in [-0.1, -0.05) is 6.07 Å². The van der Waals surface area contributed by atoms with Crippen molar-refractivity contribution < 1.29 is 0 Å². The molecule has 0 bridgehead atoms. The van der Waals surface area contributed by atoms with E-state index in [0.29, 0.717) is 6.04 Å². The van der Waals surface area contributed by atoms with Crippen LogP contribution >= 0.6 is 11.3 Å². The molecule has 1 aromatic heterocycles. The molecule has 3 rings (SSSR count). The number of benzene rings is 1. The van der Waals surface area contributed by atoms with E-state index in [-0.39, 0.29) is 0 Å². The maximum absolute atomic E-state index is 5.92. The summed E-state index contributed by atoms with van der Waals surface area (Å²) < 4.78 is 1.26. The lowest BCUT2D eigenvalue weighted by atomic mass is 10.2. The first-order valence-corrected chi connectivity index (χ1v) is 6.05. The number of fused-ring (bicyclic) bond motifs is 1. The lowest BCUT2D eigenvalue weighted by Gasteiger charge is -2.18. The van der Waals surface area contributed by atoms with Gasteiger partial charge < -0.3 is 10.6 Å². The summed E-state index contributed by atoms with van der Waals surface area (Å²) in [4.78, 5) is 6.76. The van der Waals surface area contributed by atoms with Crippen molar-refractivity contribution in [1.82, 2.24) is 4.98 Å². The van der Waals surface area contributed by atoms with E-state index in [2.05, 4.69) is 28.1 Å². The van der Waals surface area contributed by atoms with Gasteiger partial charge in [0.15, 0.2) is 0 Å². The molecule has 0 saturated carbocycles. The van der Waals surface area contributed by atoms with E-state index < -0.39 is 0 Å². The smallest absolute Gasteiger partial charge is 0.104 e. The highest BCUT2D eigenvalue weighted by Crippen LogP contribution is 2.29. The van der Waals surface area contributed by atoms with Crippen LogP contribution in [0.1, 0.15) is 6.42 Å². The maximum atomic E-state index is 5.92. The van der Waals surface area contributed by atoms with Gasteiger partial charge in [-0.05, 0) is 18.6 Å². The Hall–Kier alpha value is -1.13. The van der Waals surface area contributed by atoms with Crippen LogP contribution in [0, 0.1) is 0 Å². The zero-order valence-corrected chi connectivity index (χ0v) is 9.20. The van der Waals surface area contributed by atoms with Crippen LogP contribution in [0.5, 0.6) is 0 Å². The summed E-state index contributed by atoms with van der Waals surface area (Å²) in [5.41, 5.74) is 10.2. The molecule has 15 heavy (non-hydrogen) atoms. The number of nitrogens with zero attached hydrogens (tertiary/aromatic N) is 2. The van der Waals surface area contributed by atoms with Crippen LogP contribution in [0.15, 0.2) is 23.7 Å². The molecule has 4 heteroatoms. The molecule has 1 unspecified atom stereocenters. The molecule has 3 nitrogen and oxygen atoms in total. The zero-order chi connectivity index (χ0) is 10.3. The van der Waals surface area contributed by atoms with Gasteiger partial charge in [-0.25, -0.2) is 4.98 Å². The van der Waals surface area contributed by atoms with Gasteiger partial charge in [0, 0.05) is 19.1 Å². The Morgan fingerprint density at radius 1 is 1.47 bits per heavy atom. The van der Waals surface area contributed by atoms with Crippen molar-refractivity contribution in [1.29, 1.82) is 0 Å². The van der Waals surface area contributed by atoms with Gasteiger partial charge in [0.25, 0.3) is 0 Å². The van der Waals surface area contributed by atoms with E-state index in [4.69, 9.17) is 5.73 Å². The lowest BCUT2D eigenvalue weighted by molar-refractivity contribution is 0.752. The van der Waals surface area contributed by atoms with Crippen LogP contribution in [0.25, 0.3) is 10.2 Å². The maximum Gasteiger partial charge on any atom is 0.104 e. The number of para-hydroxylation sites is 1. The number of rotatable bonds is 1. The third-order valence-electron chi connectivity index (χ3n) is 2.90. The minimum atomic E-state index is 0.318. The highest BCUT2D eigenvalue weighted by molar-refractivity contribution is 7.16. The standard InChI is InChI=1S/C11H13N3S/c12-8-4-5-14(6-8)9-2-1-3-10-11(9)13-7-15-10/h1-3,7-8H,4-6,12H2. The van der Waals surface area contributed by atoms with E-state index in [9.17, 15) is 0 Å². The van der Waals surface area contributed by atoms with Gasteiger partial charge in [-0.2, -0.15) is 0 Å². The number of aromatic nitrogens is 1. The van der Waals surface area contributed by atoms with E-state index in [1.807, 2.05) is 5.51 Å². The Kier molecular flexibility index (Phi) is 2.11. The Morgan fingerprint density at radius 2 is 2.40 bits per heavy atom. The molecule has 1 saturated heterocycles. The average Bonchev–Trinajstić information content (AvgIpc) is 2.84. The quantitative estimate of drug-likeness (QED) is 0.795. The fourth-order valence-corrected chi connectivity index (χ4v) is 2.83. The molecular formula is C11H13N3S. The van der Waals surface area contributed by atoms with Crippen molar-refractivity contribution >= 4 is 27.2 Å². The second-order valence-electron chi connectivity index (χ2n) is 3.97. The number of hydrogen-bond acceptors (Lipinski definition) is 4. The molecule has 0 radical (unpaired) electrons. The largest absolute Gasteiger partial charge is 0.368 e. The third kappa shape index (κ3) is 1.50. The number of thiazole rings is 1. The first-order chi connectivity index (χ1) is 7.34. The first kappa shape index (κ1) is 9.12. The van der Waals surface area contributed by atoms with Crippen molar-refractivity contribution in [3.05, 3.63) is 23.7 Å². The summed E-state index contributed by atoms with van der Waals surface area (Å²) in [6, 6.07) is 6.67. The molecule has 1 aliphatic rings. The zero-order valence-electron chi connectivity index (χ0n) is 8.39. The third-order valence-corrected chi connectivity index (χ3v) is 3.70. The van der Waals surface area contributed by atoms with Crippen molar-refractivity contribution in [2.24, 2.45) is 5.73 Å². The minimum Gasteiger partial charge on any atom is -0.368 e. The topological polar surface area (TPSA) is 42.1 Å². The summed E-state index contributed by atoms with van der Waals surface area (Å²) in [6.45, 7) is 2.01. The monoisotopic (exact) mass is 219 g/mol.